The van der Waals surface area contributed by atoms with Crippen LogP contribution in [0, 0.1) is 5.92 Å². The van der Waals surface area contributed by atoms with Crippen LogP contribution in [0.4, 0.5) is 5.82 Å². The van der Waals surface area contributed by atoms with Gasteiger partial charge < -0.3 is 10.4 Å². The van der Waals surface area contributed by atoms with E-state index in [9.17, 15) is 4.79 Å². The van der Waals surface area contributed by atoms with Gasteiger partial charge in [-0.15, -0.1) is 11.8 Å². The molecular formula is C20H24N2O2S. The van der Waals surface area contributed by atoms with Crippen LogP contribution in [0.5, 0.6) is 0 Å². The average molecular weight is 356 g/mol. The van der Waals surface area contributed by atoms with E-state index in [-0.39, 0.29) is 0 Å². The van der Waals surface area contributed by atoms with Gasteiger partial charge in [-0.25, -0.2) is 4.98 Å². The topological polar surface area (TPSA) is 62.2 Å². The lowest BCUT2D eigenvalue weighted by Gasteiger charge is -2.23. The summed E-state index contributed by atoms with van der Waals surface area (Å²) < 4.78 is 0. The number of nitrogens with one attached hydrogen (secondary N) is 1. The van der Waals surface area contributed by atoms with E-state index >= 15 is 0 Å². The number of anilines is 1. The standard InChI is InChI=1S/C20H24N2O2S/c23-20(24)13-15-5-6-17-14-18(8-7-16(17)12-15)25-11-3-10-22-19-4-1-2-9-21-19/h1-2,4,7-9,14-15H,3,5-6,10-13H2,(H,21,22)(H,23,24). The fourth-order valence-corrected chi connectivity index (χ4v) is 4.18. The SMILES string of the molecule is O=C(O)CC1CCc2cc(SCCCNc3ccccn3)ccc2C1. The molecule has 25 heavy (non-hydrogen) atoms. The number of carbonyl (C=O) groups is 1. The molecule has 0 amide bonds. The van der Waals surface area contributed by atoms with Crippen molar-refractivity contribution >= 4 is 23.5 Å². The van der Waals surface area contributed by atoms with Crippen molar-refractivity contribution < 1.29 is 9.90 Å². The smallest absolute Gasteiger partial charge is 0.303 e. The summed E-state index contributed by atoms with van der Waals surface area (Å²) in [7, 11) is 0. The van der Waals surface area contributed by atoms with Crippen LogP contribution in [-0.4, -0.2) is 28.4 Å². The monoisotopic (exact) mass is 356 g/mol. The van der Waals surface area contributed by atoms with E-state index in [4.69, 9.17) is 5.11 Å². The molecule has 1 aliphatic rings. The van der Waals surface area contributed by atoms with Crippen LogP contribution in [0.1, 0.15) is 30.4 Å². The number of aliphatic carboxylic acids is 1. The Morgan fingerprint density at radius 3 is 3.00 bits per heavy atom. The van der Waals surface area contributed by atoms with Crippen molar-refractivity contribution in [1.82, 2.24) is 4.98 Å². The van der Waals surface area contributed by atoms with E-state index in [1.807, 2.05) is 30.0 Å². The van der Waals surface area contributed by atoms with Gasteiger partial charge in [-0.1, -0.05) is 12.1 Å². The molecule has 3 rings (SSSR count). The third-order valence-electron chi connectivity index (χ3n) is 4.53. The number of fused-ring (bicyclic) bond motifs is 1. The maximum Gasteiger partial charge on any atom is 0.303 e. The minimum absolute atomic E-state index is 0.291. The van der Waals surface area contributed by atoms with E-state index in [0.29, 0.717) is 12.3 Å². The van der Waals surface area contributed by atoms with Crippen molar-refractivity contribution in [3.8, 4) is 0 Å². The number of pyridine rings is 1. The largest absolute Gasteiger partial charge is 0.481 e. The maximum atomic E-state index is 10.9. The number of carboxylic acids is 1. The summed E-state index contributed by atoms with van der Waals surface area (Å²) in [5.41, 5.74) is 2.73. The van der Waals surface area contributed by atoms with Crippen LogP contribution >= 0.6 is 11.8 Å². The van der Waals surface area contributed by atoms with Gasteiger partial charge in [-0.3, -0.25) is 4.79 Å². The summed E-state index contributed by atoms with van der Waals surface area (Å²) >= 11 is 1.89. The lowest BCUT2D eigenvalue weighted by atomic mass is 9.82. The normalized spacial score (nSPS) is 16.2. The van der Waals surface area contributed by atoms with Crippen molar-refractivity contribution in [1.29, 1.82) is 0 Å². The Morgan fingerprint density at radius 2 is 2.20 bits per heavy atom. The fourth-order valence-electron chi connectivity index (χ4n) is 3.26. The lowest BCUT2D eigenvalue weighted by Crippen LogP contribution is -2.17. The van der Waals surface area contributed by atoms with Gasteiger partial charge in [0.05, 0.1) is 0 Å². The number of aromatic nitrogens is 1. The minimum Gasteiger partial charge on any atom is -0.481 e. The molecule has 0 saturated carbocycles. The van der Waals surface area contributed by atoms with Crippen molar-refractivity contribution in [2.75, 3.05) is 17.6 Å². The summed E-state index contributed by atoms with van der Waals surface area (Å²) in [6.07, 6.45) is 6.06. The first-order chi connectivity index (χ1) is 12.2. The Hall–Kier alpha value is -2.01. The van der Waals surface area contributed by atoms with E-state index in [1.54, 1.807) is 6.20 Å². The van der Waals surface area contributed by atoms with Gasteiger partial charge in [0.25, 0.3) is 0 Å². The molecule has 2 N–H and O–H groups in total. The van der Waals surface area contributed by atoms with Crippen LogP contribution in [0.3, 0.4) is 0 Å². The molecule has 0 saturated heterocycles. The average Bonchev–Trinajstić information content (AvgIpc) is 2.62. The van der Waals surface area contributed by atoms with Crippen molar-refractivity contribution in [3.63, 3.8) is 0 Å². The summed E-state index contributed by atoms with van der Waals surface area (Å²) in [4.78, 5) is 16.4. The maximum absolute atomic E-state index is 10.9. The first-order valence-corrected chi connectivity index (χ1v) is 9.80. The number of thioether (sulfide) groups is 1. The number of hydrogen-bond acceptors (Lipinski definition) is 4. The van der Waals surface area contributed by atoms with Crippen LogP contribution < -0.4 is 5.32 Å². The second-order valence-electron chi connectivity index (χ2n) is 6.48. The number of carboxylic acid groups (broad SMARTS) is 1. The molecule has 2 aromatic rings. The first-order valence-electron chi connectivity index (χ1n) is 8.82. The molecule has 5 heteroatoms. The summed E-state index contributed by atoms with van der Waals surface area (Å²) in [6.45, 7) is 0.922. The van der Waals surface area contributed by atoms with Gasteiger partial charge in [0.2, 0.25) is 0 Å². The molecule has 4 nitrogen and oxygen atoms in total. The van der Waals surface area contributed by atoms with Crippen molar-refractivity contribution in [2.45, 2.75) is 37.0 Å². The highest BCUT2D eigenvalue weighted by Gasteiger charge is 2.21. The van der Waals surface area contributed by atoms with Gasteiger partial charge in [-0.05, 0) is 72.7 Å². The predicted molar refractivity (Wildman–Crippen MR) is 102 cm³/mol. The van der Waals surface area contributed by atoms with Gasteiger partial charge in [0.15, 0.2) is 0 Å². The highest BCUT2D eigenvalue weighted by Crippen LogP contribution is 2.31. The molecule has 1 aromatic carbocycles. The quantitative estimate of drug-likeness (QED) is 0.547. The molecule has 0 fully saturated rings. The molecule has 0 aliphatic heterocycles. The van der Waals surface area contributed by atoms with Gasteiger partial charge in [-0.2, -0.15) is 0 Å². The molecule has 132 valence electrons. The highest BCUT2D eigenvalue weighted by molar-refractivity contribution is 7.99. The zero-order chi connectivity index (χ0) is 17.5. The third-order valence-corrected chi connectivity index (χ3v) is 5.61. The summed E-state index contributed by atoms with van der Waals surface area (Å²) in [5.74, 6) is 1.61. The molecule has 1 heterocycles. The van der Waals surface area contributed by atoms with Crippen molar-refractivity contribution in [2.24, 2.45) is 5.92 Å². The Balaban J connectivity index is 1.43. The number of aryl methyl sites for hydroxylation is 1. The first kappa shape index (κ1) is 17.8. The van der Waals surface area contributed by atoms with Crippen LogP contribution in [0.15, 0.2) is 47.5 Å². The van der Waals surface area contributed by atoms with Gasteiger partial charge in [0.1, 0.15) is 5.82 Å². The Morgan fingerprint density at radius 1 is 1.28 bits per heavy atom. The van der Waals surface area contributed by atoms with Crippen LogP contribution in [0.2, 0.25) is 0 Å². The molecule has 1 aliphatic carbocycles. The molecule has 0 bridgehead atoms. The second kappa shape index (κ2) is 8.90. The van der Waals surface area contributed by atoms with Crippen LogP contribution in [-0.2, 0) is 17.6 Å². The van der Waals surface area contributed by atoms with Crippen molar-refractivity contribution in [3.05, 3.63) is 53.7 Å². The Kier molecular flexibility index (Phi) is 6.34. The third kappa shape index (κ3) is 5.49. The minimum atomic E-state index is -0.681. The Labute approximate surface area is 153 Å². The van der Waals surface area contributed by atoms with Crippen LogP contribution in [0.25, 0.3) is 0 Å². The van der Waals surface area contributed by atoms with E-state index in [2.05, 4.69) is 28.5 Å². The summed E-state index contributed by atoms with van der Waals surface area (Å²) in [5, 5.41) is 12.3. The predicted octanol–water partition coefficient (Wildman–Crippen LogP) is 4.26. The van der Waals surface area contributed by atoms with E-state index in [0.717, 1.165) is 43.8 Å². The molecule has 1 atom stereocenters. The molecule has 1 aromatic heterocycles. The molecule has 0 spiro atoms. The lowest BCUT2D eigenvalue weighted by molar-refractivity contribution is -0.138. The number of benzene rings is 1. The number of hydrogen-bond donors (Lipinski definition) is 2. The highest BCUT2D eigenvalue weighted by atomic mass is 32.2. The summed E-state index contributed by atoms with van der Waals surface area (Å²) in [6, 6.07) is 12.5. The zero-order valence-electron chi connectivity index (χ0n) is 14.3. The number of rotatable bonds is 8. The van der Waals surface area contributed by atoms with E-state index in [1.165, 1.54) is 16.0 Å². The number of nitrogens with zero attached hydrogens (tertiary/aromatic N) is 1. The molecular weight excluding hydrogens is 332 g/mol. The van der Waals surface area contributed by atoms with Gasteiger partial charge in [0, 0.05) is 24.1 Å². The van der Waals surface area contributed by atoms with E-state index < -0.39 is 5.97 Å². The molecule has 0 radical (unpaired) electrons. The Bertz CT molecular complexity index is 706. The molecule has 1 unspecified atom stereocenters. The van der Waals surface area contributed by atoms with Gasteiger partial charge >= 0.3 is 5.97 Å². The fraction of sp³-hybridized carbons (Fsp3) is 0.400. The second-order valence-corrected chi connectivity index (χ2v) is 7.65. The zero-order valence-corrected chi connectivity index (χ0v) is 15.1.